The zero-order valence-corrected chi connectivity index (χ0v) is 9.41. The summed E-state index contributed by atoms with van der Waals surface area (Å²) in [6.45, 7) is 2.08. The highest BCUT2D eigenvalue weighted by atomic mass is 79.9. The summed E-state index contributed by atoms with van der Waals surface area (Å²) in [6.07, 6.45) is 9.62. The van der Waals surface area contributed by atoms with Crippen molar-refractivity contribution in [2.75, 3.05) is 0 Å². The summed E-state index contributed by atoms with van der Waals surface area (Å²) < 4.78 is 0.976. The molecule has 0 aromatic carbocycles. The fraction of sp³-hybridized carbons (Fsp3) is 0.182. The molecule has 2 aliphatic rings. The fourth-order valence-corrected chi connectivity index (χ4v) is 1.94. The predicted molar refractivity (Wildman–Crippen MR) is 59.5 cm³/mol. The molecule has 2 nitrogen and oxygen atoms in total. The van der Waals surface area contributed by atoms with Gasteiger partial charge in [-0.2, -0.15) is 0 Å². The Morgan fingerprint density at radius 2 is 2.29 bits per heavy atom. The summed E-state index contributed by atoms with van der Waals surface area (Å²) >= 11 is 3.39. The van der Waals surface area contributed by atoms with Crippen molar-refractivity contribution in [1.29, 1.82) is 0 Å². The van der Waals surface area contributed by atoms with Gasteiger partial charge in [-0.05, 0) is 47.0 Å². The molecule has 0 N–H and O–H groups in total. The van der Waals surface area contributed by atoms with Crippen molar-refractivity contribution in [2.24, 2.45) is 0 Å². The maximum atomic E-state index is 10.8. The van der Waals surface area contributed by atoms with Crippen molar-refractivity contribution in [3.05, 3.63) is 45.9 Å². The number of hydrogen-bond acceptors (Lipinski definition) is 2. The van der Waals surface area contributed by atoms with E-state index in [2.05, 4.69) is 22.9 Å². The normalized spacial score (nSPS) is 20.3. The third-order valence-electron chi connectivity index (χ3n) is 2.37. The van der Waals surface area contributed by atoms with E-state index in [-0.39, 0.29) is 0 Å². The molecule has 3 heteroatoms. The number of halogens is 1. The maximum Gasteiger partial charge on any atom is 0.166 e. The van der Waals surface area contributed by atoms with Crippen LogP contribution in [0.4, 0.5) is 0 Å². The van der Waals surface area contributed by atoms with Crippen LogP contribution in [0.3, 0.4) is 0 Å². The van der Waals surface area contributed by atoms with E-state index in [4.69, 9.17) is 0 Å². The van der Waals surface area contributed by atoms with E-state index in [1.54, 1.807) is 0 Å². The van der Waals surface area contributed by atoms with Crippen LogP contribution in [-0.2, 0) is 4.79 Å². The van der Waals surface area contributed by atoms with Gasteiger partial charge in [0.2, 0.25) is 0 Å². The molecule has 0 bridgehead atoms. The molecular formula is C11H10BrNO. The van der Waals surface area contributed by atoms with Gasteiger partial charge in [0.1, 0.15) is 0 Å². The molecule has 0 amide bonds. The van der Waals surface area contributed by atoms with Crippen molar-refractivity contribution in [1.82, 2.24) is 4.90 Å². The first-order valence-electron chi connectivity index (χ1n) is 4.42. The van der Waals surface area contributed by atoms with Gasteiger partial charge in [-0.1, -0.05) is 6.08 Å². The molecule has 0 atom stereocenters. The first-order chi connectivity index (χ1) is 6.72. The average molecular weight is 252 g/mol. The quantitative estimate of drug-likeness (QED) is 0.669. The van der Waals surface area contributed by atoms with E-state index in [0.29, 0.717) is 5.70 Å². The van der Waals surface area contributed by atoms with Crippen LogP contribution < -0.4 is 0 Å². The highest BCUT2D eigenvalue weighted by molar-refractivity contribution is 9.11. The molecule has 0 saturated carbocycles. The van der Waals surface area contributed by atoms with Crippen molar-refractivity contribution in [3.63, 3.8) is 0 Å². The Kier molecular flexibility index (Phi) is 2.42. The van der Waals surface area contributed by atoms with Crippen LogP contribution in [0.25, 0.3) is 0 Å². The van der Waals surface area contributed by atoms with Crippen molar-refractivity contribution < 1.29 is 4.79 Å². The number of carbonyl (C=O) groups is 1. The van der Waals surface area contributed by atoms with Crippen LogP contribution in [0.15, 0.2) is 45.9 Å². The lowest BCUT2D eigenvalue weighted by Crippen LogP contribution is -2.22. The molecule has 0 fully saturated rings. The minimum absolute atomic E-state index is 0.715. The molecule has 0 spiro atoms. The Balaban J connectivity index is 2.45. The summed E-state index contributed by atoms with van der Waals surface area (Å²) in [5.41, 5.74) is 3.10. The van der Waals surface area contributed by atoms with E-state index >= 15 is 0 Å². The molecule has 0 saturated heterocycles. The number of fused-ring (bicyclic) bond motifs is 1. The molecule has 0 aromatic heterocycles. The second-order valence-corrected chi connectivity index (χ2v) is 4.25. The summed E-state index contributed by atoms with van der Waals surface area (Å²) in [7, 11) is 0. The van der Waals surface area contributed by atoms with E-state index < -0.39 is 0 Å². The number of allylic oxidation sites excluding steroid dienone is 6. The lowest BCUT2D eigenvalue weighted by Gasteiger charge is -2.29. The molecule has 2 rings (SSSR count). The third kappa shape index (κ3) is 1.48. The smallest absolute Gasteiger partial charge is 0.166 e. The lowest BCUT2D eigenvalue weighted by atomic mass is 10.0. The second-order valence-electron chi connectivity index (χ2n) is 3.33. The van der Waals surface area contributed by atoms with Gasteiger partial charge in [-0.25, -0.2) is 0 Å². The van der Waals surface area contributed by atoms with Crippen LogP contribution in [0, 0.1) is 0 Å². The number of nitrogens with zero attached hydrogens (tertiary/aromatic N) is 1. The SMILES string of the molecule is CC1=C2C=CC(Br)=CN2C(C=O)=CC1. The monoisotopic (exact) mass is 251 g/mol. The maximum absolute atomic E-state index is 10.8. The first-order valence-corrected chi connectivity index (χ1v) is 5.21. The molecule has 0 unspecified atom stereocenters. The van der Waals surface area contributed by atoms with Gasteiger partial charge in [0.25, 0.3) is 0 Å². The summed E-state index contributed by atoms with van der Waals surface area (Å²) in [4.78, 5) is 12.7. The van der Waals surface area contributed by atoms with Gasteiger partial charge < -0.3 is 4.90 Å². The largest absolute Gasteiger partial charge is 0.313 e. The Bertz CT molecular complexity index is 402. The van der Waals surface area contributed by atoms with Gasteiger partial charge >= 0.3 is 0 Å². The third-order valence-corrected chi connectivity index (χ3v) is 2.84. The van der Waals surface area contributed by atoms with Crippen LogP contribution >= 0.6 is 15.9 Å². The Labute approximate surface area is 91.4 Å². The van der Waals surface area contributed by atoms with Gasteiger partial charge in [-0.15, -0.1) is 0 Å². The summed E-state index contributed by atoms with van der Waals surface area (Å²) in [5.74, 6) is 0. The Morgan fingerprint density at radius 1 is 1.50 bits per heavy atom. The van der Waals surface area contributed by atoms with E-state index in [0.717, 1.165) is 22.9 Å². The molecule has 72 valence electrons. The van der Waals surface area contributed by atoms with Gasteiger partial charge in [-0.3, -0.25) is 4.79 Å². The van der Waals surface area contributed by atoms with E-state index in [1.807, 2.05) is 29.3 Å². The van der Waals surface area contributed by atoms with Crippen molar-refractivity contribution >= 4 is 22.2 Å². The Hall–Kier alpha value is -1.09. The molecule has 0 aromatic rings. The molecule has 2 aliphatic heterocycles. The lowest BCUT2D eigenvalue weighted by molar-refractivity contribution is -0.105. The van der Waals surface area contributed by atoms with Gasteiger partial charge in [0.15, 0.2) is 6.29 Å². The highest BCUT2D eigenvalue weighted by Gasteiger charge is 2.19. The Morgan fingerprint density at radius 3 is 3.00 bits per heavy atom. The first kappa shape index (κ1) is 9.46. The zero-order chi connectivity index (χ0) is 10.1. The average Bonchev–Trinajstić information content (AvgIpc) is 2.18. The van der Waals surface area contributed by atoms with Crippen molar-refractivity contribution in [2.45, 2.75) is 13.3 Å². The van der Waals surface area contributed by atoms with Crippen molar-refractivity contribution in [3.8, 4) is 0 Å². The van der Waals surface area contributed by atoms with Crippen LogP contribution in [0.2, 0.25) is 0 Å². The van der Waals surface area contributed by atoms with E-state index in [9.17, 15) is 4.79 Å². The minimum atomic E-state index is 0.715. The topological polar surface area (TPSA) is 20.3 Å². The molecule has 0 radical (unpaired) electrons. The highest BCUT2D eigenvalue weighted by Crippen LogP contribution is 2.30. The fourth-order valence-electron chi connectivity index (χ4n) is 1.60. The summed E-state index contributed by atoms with van der Waals surface area (Å²) in [5, 5.41) is 0. The van der Waals surface area contributed by atoms with Crippen LogP contribution in [0.5, 0.6) is 0 Å². The predicted octanol–water partition coefficient (Wildman–Crippen LogP) is 2.86. The van der Waals surface area contributed by atoms with Gasteiger partial charge in [0.05, 0.1) is 5.70 Å². The van der Waals surface area contributed by atoms with Crippen LogP contribution in [0.1, 0.15) is 13.3 Å². The molecular weight excluding hydrogens is 242 g/mol. The standard InChI is InChI=1S/C11H10BrNO/c1-8-2-4-10(7-14)13-6-9(12)3-5-11(8)13/h3-7H,2H2,1H3. The zero-order valence-electron chi connectivity index (χ0n) is 7.83. The number of carbonyl (C=O) groups excluding carboxylic acids is 1. The minimum Gasteiger partial charge on any atom is -0.313 e. The number of rotatable bonds is 1. The number of aldehydes is 1. The molecule has 14 heavy (non-hydrogen) atoms. The summed E-state index contributed by atoms with van der Waals surface area (Å²) in [6, 6.07) is 0. The molecule has 0 aliphatic carbocycles. The number of hydrogen-bond donors (Lipinski definition) is 0. The van der Waals surface area contributed by atoms with Gasteiger partial charge in [0, 0.05) is 16.4 Å². The van der Waals surface area contributed by atoms with Crippen LogP contribution in [-0.4, -0.2) is 11.2 Å². The second kappa shape index (κ2) is 3.58. The molecule has 2 heterocycles. The van der Waals surface area contributed by atoms with E-state index in [1.165, 1.54) is 5.57 Å².